The molecule has 0 radical (unpaired) electrons. The average molecular weight is 1220 g/mol. The van der Waals surface area contributed by atoms with Gasteiger partial charge in [0.25, 0.3) is 0 Å². The number of amides is 2. The number of carbonyl (C=O) groups excluding carboxylic acids is 3. The number of hydrogen-bond acceptors (Lipinski definition) is 8. The van der Waals surface area contributed by atoms with E-state index >= 15 is 0 Å². The van der Waals surface area contributed by atoms with Crippen LogP contribution >= 0.6 is 0 Å². The summed E-state index contributed by atoms with van der Waals surface area (Å²) in [7, 11) is 0. The largest absolute Gasteiger partial charge is 0.490 e. The van der Waals surface area contributed by atoms with E-state index in [0.29, 0.717) is 43.5 Å². The summed E-state index contributed by atoms with van der Waals surface area (Å²) in [6, 6.07) is 11.7. The minimum atomic E-state index is -0.925. The van der Waals surface area contributed by atoms with Gasteiger partial charge in [-0.25, -0.2) is 4.79 Å². The normalized spacial score (nSPS) is 12.1. The molecule has 0 fully saturated rings. The van der Waals surface area contributed by atoms with Crippen LogP contribution in [0.15, 0.2) is 42.5 Å². The fraction of sp³-hybridized carbons (Fsp3) is 0.805. The van der Waals surface area contributed by atoms with Crippen LogP contribution in [0.3, 0.4) is 0 Å². The third kappa shape index (κ3) is 46.0. The van der Waals surface area contributed by atoms with Crippen LogP contribution in [-0.4, -0.2) is 56.2 Å². The number of nitrogens with one attached hydrogen (secondary N) is 2. The standard InChI is InChI=1S/C77H137N3O7/c1-6-9-12-15-18-21-24-27-30-33-36-39-42-45-48-54-59-84-71-63-69(66-87-77(83)74(67(4)5)80-73(81)65-79-76(82)70(78)62-68-57-52-51-53-58-68)64-72(85-60-55-49-46-43-40-37-34-31-28-25-22-19-16-13-10-7-2)75(71)86-61-56-50-47-44-41-38-35-32-29-26-23-20-17-14-11-8-3/h51-53,57-58,63-64,67,70,74H,6-50,54-56,59-62,65-66,78H2,1-5H3,(H,79,82)(H,80,81)/t70-,74-/m0/s1. The maximum atomic E-state index is 13.8. The molecule has 0 aliphatic heterocycles. The van der Waals surface area contributed by atoms with Crippen LogP contribution in [-0.2, 0) is 32.1 Å². The Kier molecular flexibility index (Phi) is 53.4. The van der Waals surface area contributed by atoms with Gasteiger partial charge in [0.2, 0.25) is 17.6 Å². The molecular weight excluding hydrogens is 1080 g/mol. The molecule has 0 aromatic heterocycles. The van der Waals surface area contributed by atoms with E-state index in [0.717, 1.165) is 49.7 Å². The van der Waals surface area contributed by atoms with Crippen LogP contribution in [0, 0.1) is 5.92 Å². The molecule has 502 valence electrons. The van der Waals surface area contributed by atoms with Crippen molar-refractivity contribution in [3.8, 4) is 17.2 Å². The summed E-state index contributed by atoms with van der Waals surface area (Å²) in [4.78, 5) is 39.8. The summed E-state index contributed by atoms with van der Waals surface area (Å²) in [5, 5.41) is 5.44. The summed E-state index contributed by atoms with van der Waals surface area (Å²) >= 11 is 0. The molecule has 2 aromatic carbocycles. The summed E-state index contributed by atoms with van der Waals surface area (Å²) < 4.78 is 26.0. The first-order chi connectivity index (χ1) is 42.7. The maximum absolute atomic E-state index is 13.8. The Morgan fingerprint density at radius 2 is 0.724 bits per heavy atom. The maximum Gasteiger partial charge on any atom is 0.329 e. The highest BCUT2D eigenvalue weighted by atomic mass is 16.5. The molecule has 4 N–H and O–H groups in total. The van der Waals surface area contributed by atoms with Gasteiger partial charge in [-0.05, 0) is 54.9 Å². The number of unbranched alkanes of at least 4 members (excludes halogenated alkanes) is 45. The quantitative estimate of drug-likeness (QED) is 0.0440. The molecule has 0 aliphatic rings. The van der Waals surface area contributed by atoms with Crippen molar-refractivity contribution in [3.63, 3.8) is 0 Å². The number of benzene rings is 2. The monoisotopic (exact) mass is 1220 g/mol. The Bertz CT molecular complexity index is 1820. The molecule has 10 heteroatoms. The van der Waals surface area contributed by atoms with Crippen molar-refractivity contribution >= 4 is 17.8 Å². The molecule has 0 saturated heterocycles. The van der Waals surface area contributed by atoms with E-state index in [9.17, 15) is 14.4 Å². The van der Waals surface area contributed by atoms with E-state index in [4.69, 9.17) is 24.7 Å². The lowest BCUT2D eigenvalue weighted by Gasteiger charge is -2.22. The molecule has 2 atom stereocenters. The van der Waals surface area contributed by atoms with Gasteiger partial charge in [0.1, 0.15) is 12.6 Å². The highest BCUT2D eigenvalue weighted by Crippen LogP contribution is 2.40. The van der Waals surface area contributed by atoms with E-state index < -0.39 is 29.9 Å². The summed E-state index contributed by atoms with van der Waals surface area (Å²) in [6.07, 6.45) is 63.5. The molecule has 0 bridgehead atoms. The van der Waals surface area contributed by atoms with Crippen LogP contribution in [0.4, 0.5) is 0 Å². The van der Waals surface area contributed by atoms with Gasteiger partial charge >= 0.3 is 5.97 Å². The van der Waals surface area contributed by atoms with Crippen molar-refractivity contribution in [3.05, 3.63) is 53.6 Å². The molecular formula is C77H137N3O7. The topological polar surface area (TPSA) is 138 Å². The minimum Gasteiger partial charge on any atom is -0.490 e. The Morgan fingerprint density at radius 3 is 1.05 bits per heavy atom. The second kappa shape index (κ2) is 58.6. The zero-order valence-electron chi connectivity index (χ0n) is 57.4. The van der Waals surface area contributed by atoms with Gasteiger partial charge in [-0.3, -0.25) is 9.59 Å². The van der Waals surface area contributed by atoms with Gasteiger partial charge in [-0.2, -0.15) is 0 Å². The zero-order chi connectivity index (χ0) is 62.7. The molecule has 87 heavy (non-hydrogen) atoms. The smallest absolute Gasteiger partial charge is 0.329 e. The predicted octanol–water partition coefficient (Wildman–Crippen LogP) is 21.5. The van der Waals surface area contributed by atoms with Gasteiger partial charge < -0.3 is 35.3 Å². The number of carbonyl (C=O) groups is 3. The first kappa shape index (κ1) is 79.3. The zero-order valence-corrected chi connectivity index (χ0v) is 57.4. The van der Waals surface area contributed by atoms with E-state index in [1.165, 1.54) is 270 Å². The summed E-state index contributed by atoms with van der Waals surface area (Å²) in [5.74, 6) is 0.130. The minimum absolute atomic E-state index is 0.0345. The van der Waals surface area contributed by atoms with Crippen molar-refractivity contribution in [2.45, 2.75) is 368 Å². The molecule has 0 aliphatic carbocycles. The molecule has 0 unspecified atom stereocenters. The van der Waals surface area contributed by atoms with Crippen LogP contribution in [0.5, 0.6) is 17.2 Å². The lowest BCUT2D eigenvalue weighted by molar-refractivity contribution is -0.150. The Labute approximate surface area is 536 Å². The average Bonchev–Trinajstić information content (AvgIpc) is 3.13. The highest BCUT2D eigenvalue weighted by molar-refractivity contribution is 5.90. The highest BCUT2D eigenvalue weighted by Gasteiger charge is 2.27. The van der Waals surface area contributed by atoms with Gasteiger partial charge in [-0.15, -0.1) is 0 Å². The van der Waals surface area contributed by atoms with Crippen molar-refractivity contribution in [2.24, 2.45) is 11.7 Å². The Balaban J connectivity index is 2.07. The summed E-state index contributed by atoms with van der Waals surface area (Å²) in [6.45, 7) is 11.9. The third-order valence-electron chi connectivity index (χ3n) is 17.5. The first-order valence-corrected chi connectivity index (χ1v) is 37.3. The second-order valence-corrected chi connectivity index (χ2v) is 26.3. The Hall–Kier alpha value is -3.79. The lowest BCUT2D eigenvalue weighted by atomic mass is 10.0. The molecule has 2 aromatic rings. The van der Waals surface area contributed by atoms with E-state index in [1.54, 1.807) is 0 Å². The van der Waals surface area contributed by atoms with Crippen molar-refractivity contribution in [2.75, 3.05) is 26.4 Å². The van der Waals surface area contributed by atoms with Crippen molar-refractivity contribution in [1.29, 1.82) is 0 Å². The molecule has 2 amide bonds. The number of nitrogens with two attached hydrogens (primary N) is 1. The third-order valence-corrected chi connectivity index (χ3v) is 17.5. The van der Waals surface area contributed by atoms with Crippen LogP contribution in [0.1, 0.15) is 354 Å². The van der Waals surface area contributed by atoms with Crippen molar-refractivity contribution < 1.29 is 33.3 Å². The van der Waals surface area contributed by atoms with Crippen LogP contribution < -0.4 is 30.6 Å². The number of ether oxygens (including phenoxy) is 4. The molecule has 2 rings (SSSR count). The molecule has 10 nitrogen and oxygen atoms in total. The van der Waals surface area contributed by atoms with E-state index in [-0.39, 0.29) is 19.1 Å². The van der Waals surface area contributed by atoms with Gasteiger partial charge in [0.05, 0.1) is 32.4 Å². The Morgan fingerprint density at radius 1 is 0.414 bits per heavy atom. The van der Waals surface area contributed by atoms with Gasteiger partial charge in [-0.1, -0.05) is 354 Å². The van der Waals surface area contributed by atoms with E-state index in [2.05, 4.69) is 31.4 Å². The number of hydrogen-bond donors (Lipinski definition) is 3. The van der Waals surface area contributed by atoms with Crippen LogP contribution in [0.25, 0.3) is 0 Å². The summed E-state index contributed by atoms with van der Waals surface area (Å²) in [5.41, 5.74) is 7.84. The van der Waals surface area contributed by atoms with Crippen molar-refractivity contribution in [1.82, 2.24) is 10.6 Å². The SMILES string of the molecule is CCCCCCCCCCCCCCCCCCOc1cc(COC(=O)[C@@H](NC(=O)CNC(=O)[C@@H](N)Cc2ccccc2)C(C)C)cc(OCCCCCCCCCCCCCCCCCC)c1OCCCCCCCCCCCCCCCCCC. The molecule has 0 heterocycles. The molecule has 0 spiro atoms. The van der Waals surface area contributed by atoms with Gasteiger partial charge in [0, 0.05) is 0 Å². The lowest BCUT2D eigenvalue weighted by Crippen LogP contribution is -2.50. The number of esters is 1. The van der Waals surface area contributed by atoms with Gasteiger partial charge in [0.15, 0.2) is 11.5 Å². The predicted molar refractivity (Wildman–Crippen MR) is 369 cm³/mol. The fourth-order valence-electron chi connectivity index (χ4n) is 11.8. The van der Waals surface area contributed by atoms with Crippen LogP contribution in [0.2, 0.25) is 0 Å². The first-order valence-electron chi connectivity index (χ1n) is 37.3. The second-order valence-electron chi connectivity index (χ2n) is 26.3. The molecule has 0 saturated carbocycles. The number of rotatable bonds is 64. The fourth-order valence-corrected chi connectivity index (χ4v) is 11.8. The van der Waals surface area contributed by atoms with E-state index in [1.807, 2.05) is 56.3 Å².